The number of benzene rings is 1. The molecule has 0 spiro atoms. The van der Waals surface area contributed by atoms with Gasteiger partial charge in [-0.1, -0.05) is 15.9 Å². The van der Waals surface area contributed by atoms with E-state index in [2.05, 4.69) is 15.9 Å². The number of nitriles is 1. The summed E-state index contributed by atoms with van der Waals surface area (Å²) in [6.45, 7) is 0. The fourth-order valence-electron chi connectivity index (χ4n) is 0.735. The number of halogens is 1. The van der Waals surface area contributed by atoms with Crippen LogP contribution >= 0.6 is 15.9 Å². The van der Waals surface area contributed by atoms with Crippen molar-refractivity contribution in [3.8, 4) is 6.07 Å². The summed E-state index contributed by atoms with van der Waals surface area (Å²) >= 11 is 0.792. The molecule has 0 radical (unpaired) electrons. The standard InChI is InChI=1S/C7H4BrNO2S.Na/c8-6-1-2-7(12(10)11)5(3-6)4-9;/h1-3H,(H,10,11);/q;+1/p-1. The van der Waals surface area contributed by atoms with Crippen molar-refractivity contribution in [3.63, 3.8) is 0 Å². The maximum absolute atomic E-state index is 10.5. The van der Waals surface area contributed by atoms with Crippen LogP contribution in [0, 0.1) is 11.3 Å². The van der Waals surface area contributed by atoms with Gasteiger partial charge in [0.05, 0.1) is 5.56 Å². The second-order valence-electron chi connectivity index (χ2n) is 1.99. The maximum atomic E-state index is 10.5. The first-order chi connectivity index (χ1) is 5.65. The van der Waals surface area contributed by atoms with E-state index in [0.29, 0.717) is 4.47 Å². The summed E-state index contributed by atoms with van der Waals surface area (Å²) in [7, 11) is 0. The van der Waals surface area contributed by atoms with Gasteiger partial charge in [0.15, 0.2) is 0 Å². The second-order valence-corrected chi connectivity index (χ2v) is 3.81. The molecule has 0 saturated heterocycles. The van der Waals surface area contributed by atoms with Crippen LogP contribution in [0.4, 0.5) is 0 Å². The Labute approximate surface area is 109 Å². The number of hydrogen-bond donors (Lipinski definition) is 0. The Kier molecular flexibility index (Phi) is 6.05. The zero-order valence-electron chi connectivity index (χ0n) is 6.78. The second kappa shape index (κ2) is 5.91. The molecule has 0 aromatic heterocycles. The predicted octanol–water partition coefficient (Wildman–Crippen LogP) is -1.44. The van der Waals surface area contributed by atoms with Crippen LogP contribution in [0.2, 0.25) is 0 Å². The number of nitrogens with zero attached hydrogens (tertiary/aromatic N) is 1. The van der Waals surface area contributed by atoms with Crippen molar-refractivity contribution in [3.05, 3.63) is 28.2 Å². The summed E-state index contributed by atoms with van der Waals surface area (Å²) < 4.78 is 21.7. The Bertz CT molecular complexity index is 377. The van der Waals surface area contributed by atoms with Gasteiger partial charge in [-0.3, -0.25) is 4.21 Å². The number of rotatable bonds is 1. The summed E-state index contributed by atoms with van der Waals surface area (Å²) in [6.07, 6.45) is 0. The summed E-state index contributed by atoms with van der Waals surface area (Å²) in [4.78, 5) is 0.0284. The first-order valence-electron chi connectivity index (χ1n) is 2.94. The molecule has 62 valence electrons. The minimum Gasteiger partial charge on any atom is -0.768 e. The van der Waals surface area contributed by atoms with Crippen molar-refractivity contribution in [2.24, 2.45) is 0 Å². The van der Waals surface area contributed by atoms with Crippen molar-refractivity contribution in [2.45, 2.75) is 4.90 Å². The number of hydrogen-bond acceptors (Lipinski definition) is 3. The Balaban J connectivity index is 0.00000144. The molecular weight excluding hydrogens is 265 g/mol. The fourth-order valence-corrected chi connectivity index (χ4v) is 1.56. The minimum atomic E-state index is -2.34. The van der Waals surface area contributed by atoms with Crippen LogP contribution in [0.3, 0.4) is 0 Å². The third-order valence-corrected chi connectivity index (χ3v) is 2.45. The van der Waals surface area contributed by atoms with Gasteiger partial charge in [0.1, 0.15) is 6.07 Å². The van der Waals surface area contributed by atoms with Gasteiger partial charge in [-0.25, -0.2) is 0 Å². The molecule has 0 aliphatic heterocycles. The third-order valence-electron chi connectivity index (χ3n) is 1.24. The molecule has 1 aromatic rings. The van der Waals surface area contributed by atoms with E-state index in [1.54, 1.807) is 12.1 Å². The average Bonchev–Trinajstić information content (AvgIpc) is 2.03. The van der Waals surface area contributed by atoms with Crippen LogP contribution in [0.25, 0.3) is 0 Å². The van der Waals surface area contributed by atoms with Gasteiger partial charge >= 0.3 is 29.6 Å². The van der Waals surface area contributed by atoms with E-state index in [-0.39, 0.29) is 40.0 Å². The van der Waals surface area contributed by atoms with Crippen molar-refractivity contribution in [1.29, 1.82) is 5.26 Å². The van der Waals surface area contributed by atoms with Gasteiger partial charge in [0.25, 0.3) is 0 Å². The third kappa shape index (κ3) is 3.50. The van der Waals surface area contributed by atoms with Crippen molar-refractivity contribution in [2.75, 3.05) is 0 Å². The van der Waals surface area contributed by atoms with E-state index < -0.39 is 11.1 Å². The van der Waals surface area contributed by atoms with Crippen molar-refractivity contribution >= 4 is 27.0 Å². The molecule has 1 atom stereocenters. The van der Waals surface area contributed by atoms with E-state index in [9.17, 15) is 8.76 Å². The van der Waals surface area contributed by atoms with Crippen LogP contribution in [-0.2, 0) is 11.1 Å². The topological polar surface area (TPSA) is 63.9 Å². The smallest absolute Gasteiger partial charge is 0.768 e. The molecule has 3 nitrogen and oxygen atoms in total. The van der Waals surface area contributed by atoms with Gasteiger partial charge in [-0.15, -0.1) is 0 Å². The first kappa shape index (κ1) is 13.3. The SMILES string of the molecule is N#Cc1cc(Br)ccc1S(=O)[O-].[Na+]. The molecule has 1 unspecified atom stereocenters. The molecule has 1 rings (SSSR count). The van der Waals surface area contributed by atoms with Crippen molar-refractivity contribution in [1.82, 2.24) is 0 Å². The quantitative estimate of drug-likeness (QED) is 0.463. The van der Waals surface area contributed by atoms with Gasteiger partial charge in [-0.05, 0) is 29.3 Å². The Morgan fingerprint density at radius 2 is 2.15 bits per heavy atom. The fraction of sp³-hybridized carbons (Fsp3) is 0. The first-order valence-corrected chi connectivity index (χ1v) is 4.81. The van der Waals surface area contributed by atoms with Crippen LogP contribution in [-0.4, -0.2) is 8.76 Å². The van der Waals surface area contributed by atoms with Gasteiger partial charge < -0.3 is 4.55 Å². The van der Waals surface area contributed by atoms with Crippen LogP contribution < -0.4 is 29.6 Å². The molecular formula is C7H3BrNNaO2S. The van der Waals surface area contributed by atoms with Gasteiger partial charge in [0.2, 0.25) is 0 Å². The van der Waals surface area contributed by atoms with Crippen LogP contribution in [0.1, 0.15) is 5.56 Å². The monoisotopic (exact) mass is 267 g/mol. The summed E-state index contributed by atoms with van der Waals surface area (Å²) in [5, 5.41) is 8.55. The zero-order chi connectivity index (χ0) is 9.14. The van der Waals surface area contributed by atoms with E-state index in [1.807, 2.05) is 0 Å². The molecule has 13 heavy (non-hydrogen) atoms. The molecule has 0 amide bonds. The molecule has 0 bridgehead atoms. The molecule has 0 N–H and O–H groups in total. The van der Waals surface area contributed by atoms with Gasteiger partial charge in [-0.2, -0.15) is 5.26 Å². The summed E-state index contributed by atoms with van der Waals surface area (Å²) in [6, 6.07) is 6.21. The molecule has 0 heterocycles. The van der Waals surface area contributed by atoms with E-state index >= 15 is 0 Å². The summed E-state index contributed by atoms with van der Waals surface area (Å²) in [5.74, 6) is 0. The Morgan fingerprint density at radius 1 is 1.54 bits per heavy atom. The molecule has 1 aromatic carbocycles. The van der Waals surface area contributed by atoms with Crippen molar-refractivity contribution < 1.29 is 38.3 Å². The average molecular weight is 268 g/mol. The van der Waals surface area contributed by atoms with E-state index in [1.165, 1.54) is 12.1 Å². The van der Waals surface area contributed by atoms with Gasteiger partial charge in [0, 0.05) is 9.37 Å². The minimum absolute atomic E-state index is 0. The van der Waals surface area contributed by atoms with Crippen LogP contribution in [0.15, 0.2) is 27.6 Å². The largest absolute Gasteiger partial charge is 1.00 e. The normalized spacial score (nSPS) is 11.2. The summed E-state index contributed by atoms with van der Waals surface area (Å²) in [5.41, 5.74) is 0.151. The predicted molar refractivity (Wildman–Crippen MR) is 46.0 cm³/mol. The molecule has 0 aliphatic carbocycles. The molecule has 6 heteroatoms. The van der Waals surface area contributed by atoms with Crippen LogP contribution in [0.5, 0.6) is 0 Å². The zero-order valence-corrected chi connectivity index (χ0v) is 11.2. The van der Waals surface area contributed by atoms with E-state index in [4.69, 9.17) is 5.26 Å². The van der Waals surface area contributed by atoms with E-state index in [0.717, 1.165) is 0 Å². The Hall–Kier alpha value is 0.300. The molecule has 0 fully saturated rings. The molecule has 0 aliphatic rings. The molecule has 0 saturated carbocycles. The maximum Gasteiger partial charge on any atom is 1.00 e. The Morgan fingerprint density at radius 3 is 2.62 bits per heavy atom.